The van der Waals surface area contributed by atoms with Gasteiger partial charge in [0.15, 0.2) is 5.78 Å². The van der Waals surface area contributed by atoms with E-state index in [-0.39, 0.29) is 11.8 Å². The Hall–Kier alpha value is -2.56. The Balaban J connectivity index is 1.86. The van der Waals surface area contributed by atoms with Gasteiger partial charge in [0.25, 0.3) is 0 Å². The van der Waals surface area contributed by atoms with Gasteiger partial charge < -0.3 is 15.1 Å². The largest absolute Gasteiger partial charge is 0.472 e. The van der Waals surface area contributed by atoms with E-state index in [2.05, 4.69) is 10.6 Å². The van der Waals surface area contributed by atoms with Gasteiger partial charge in [-0.25, -0.2) is 4.79 Å². The van der Waals surface area contributed by atoms with E-state index < -0.39 is 0 Å². The number of anilines is 1. The molecule has 0 spiro atoms. The molecule has 1 heterocycles. The van der Waals surface area contributed by atoms with Crippen molar-refractivity contribution in [1.29, 1.82) is 0 Å². The van der Waals surface area contributed by atoms with Gasteiger partial charge in [-0.15, -0.1) is 0 Å². The number of Topliss-reactive ketones (excluding diaryl/α,β-unsaturated/α-hetero) is 1. The third kappa shape index (κ3) is 3.70. The number of ketones is 1. The highest BCUT2D eigenvalue weighted by Gasteiger charge is 2.03. The van der Waals surface area contributed by atoms with Crippen molar-refractivity contribution in [1.82, 2.24) is 5.32 Å². The summed E-state index contributed by atoms with van der Waals surface area (Å²) in [4.78, 5) is 22.7. The number of nitrogens with one attached hydrogen (secondary N) is 2. The van der Waals surface area contributed by atoms with Gasteiger partial charge in [0.05, 0.1) is 12.5 Å². The van der Waals surface area contributed by atoms with E-state index in [0.29, 0.717) is 17.8 Å². The number of amides is 2. The fraction of sp³-hybridized carbons (Fsp3) is 0.143. The van der Waals surface area contributed by atoms with Gasteiger partial charge in [0.2, 0.25) is 0 Å². The Labute approximate surface area is 110 Å². The maximum Gasteiger partial charge on any atom is 0.319 e. The predicted molar refractivity (Wildman–Crippen MR) is 71.0 cm³/mol. The summed E-state index contributed by atoms with van der Waals surface area (Å²) in [7, 11) is 0. The molecule has 0 radical (unpaired) electrons. The summed E-state index contributed by atoms with van der Waals surface area (Å²) in [6, 6.07) is 8.20. The van der Waals surface area contributed by atoms with Gasteiger partial charge >= 0.3 is 6.03 Å². The molecule has 19 heavy (non-hydrogen) atoms. The zero-order valence-corrected chi connectivity index (χ0v) is 10.5. The average Bonchev–Trinajstić information content (AvgIpc) is 2.90. The molecular weight excluding hydrogens is 244 g/mol. The summed E-state index contributed by atoms with van der Waals surface area (Å²) in [6.45, 7) is 1.90. The first kappa shape index (κ1) is 12.9. The van der Waals surface area contributed by atoms with Gasteiger partial charge in [-0.05, 0) is 37.3 Å². The highest BCUT2D eigenvalue weighted by atomic mass is 16.3. The van der Waals surface area contributed by atoms with Crippen molar-refractivity contribution < 1.29 is 14.0 Å². The second-order valence-corrected chi connectivity index (χ2v) is 4.07. The molecule has 0 saturated carbocycles. The van der Waals surface area contributed by atoms with Gasteiger partial charge in [-0.2, -0.15) is 0 Å². The quantitative estimate of drug-likeness (QED) is 0.828. The molecule has 2 N–H and O–H groups in total. The molecule has 0 fully saturated rings. The topological polar surface area (TPSA) is 71.3 Å². The third-order valence-corrected chi connectivity index (χ3v) is 2.58. The van der Waals surface area contributed by atoms with E-state index in [1.165, 1.54) is 6.92 Å². The highest BCUT2D eigenvalue weighted by Crippen LogP contribution is 2.10. The molecule has 0 aliphatic heterocycles. The van der Waals surface area contributed by atoms with Crippen molar-refractivity contribution >= 4 is 17.5 Å². The van der Waals surface area contributed by atoms with Crippen LogP contribution >= 0.6 is 0 Å². The Morgan fingerprint density at radius 1 is 1.16 bits per heavy atom. The lowest BCUT2D eigenvalue weighted by atomic mass is 10.1. The number of hydrogen-bond donors (Lipinski definition) is 2. The van der Waals surface area contributed by atoms with Crippen LogP contribution in [0.5, 0.6) is 0 Å². The highest BCUT2D eigenvalue weighted by molar-refractivity contribution is 5.95. The number of furan rings is 1. The molecule has 2 rings (SSSR count). The van der Waals surface area contributed by atoms with Gasteiger partial charge in [-0.1, -0.05) is 0 Å². The van der Waals surface area contributed by atoms with E-state index in [1.54, 1.807) is 42.9 Å². The second-order valence-electron chi connectivity index (χ2n) is 4.07. The standard InChI is InChI=1S/C14H14N2O3/c1-10(17)12-2-4-13(5-3-12)16-14(18)15-8-11-6-7-19-9-11/h2-7,9H,8H2,1H3,(H2,15,16,18). The molecule has 1 aromatic heterocycles. The van der Waals surface area contributed by atoms with Crippen LogP contribution in [-0.2, 0) is 6.54 Å². The van der Waals surface area contributed by atoms with Crippen LogP contribution in [0.4, 0.5) is 10.5 Å². The van der Waals surface area contributed by atoms with E-state index >= 15 is 0 Å². The van der Waals surface area contributed by atoms with E-state index in [4.69, 9.17) is 4.42 Å². The SMILES string of the molecule is CC(=O)c1ccc(NC(=O)NCc2ccoc2)cc1. The smallest absolute Gasteiger partial charge is 0.319 e. The Morgan fingerprint density at radius 3 is 2.47 bits per heavy atom. The Kier molecular flexibility index (Phi) is 3.97. The summed E-state index contributed by atoms with van der Waals surface area (Å²) in [6.07, 6.45) is 3.12. The molecule has 0 atom stereocenters. The van der Waals surface area contributed by atoms with Crippen molar-refractivity contribution in [3.63, 3.8) is 0 Å². The minimum Gasteiger partial charge on any atom is -0.472 e. The normalized spacial score (nSPS) is 9.95. The Bertz CT molecular complexity index is 559. The molecule has 0 unspecified atom stereocenters. The number of urea groups is 1. The van der Waals surface area contributed by atoms with Crippen LogP contribution in [0.15, 0.2) is 47.3 Å². The minimum atomic E-state index is -0.309. The fourth-order valence-electron chi connectivity index (χ4n) is 1.54. The lowest BCUT2D eigenvalue weighted by Crippen LogP contribution is -2.27. The van der Waals surface area contributed by atoms with Crippen molar-refractivity contribution in [3.05, 3.63) is 54.0 Å². The molecule has 0 aliphatic rings. The van der Waals surface area contributed by atoms with Crippen LogP contribution in [0.25, 0.3) is 0 Å². The van der Waals surface area contributed by atoms with E-state index in [0.717, 1.165) is 5.56 Å². The van der Waals surface area contributed by atoms with Crippen molar-refractivity contribution in [2.45, 2.75) is 13.5 Å². The van der Waals surface area contributed by atoms with E-state index in [9.17, 15) is 9.59 Å². The minimum absolute atomic E-state index is 0.00374. The van der Waals surface area contributed by atoms with Crippen molar-refractivity contribution in [2.75, 3.05) is 5.32 Å². The summed E-state index contributed by atoms with van der Waals surface area (Å²) in [5.74, 6) is -0.00374. The first-order valence-corrected chi connectivity index (χ1v) is 5.82. The maximum atomic E-state index is 11.6. The lowest BCUT2D eigenvalue weighted by Gasteiger charge is -2.07. The zero-order valence-electron chi connectivity index (χ0n) is 10.5. The molecule has 5 heteroatoms. The van der Waals surface area contributed by atoms with Gasteiger partial charge in [0, 0.05) is 23.4 Å². The van der Waals surface area contributed by atoms with Crippen LogP contribution in [0.2, 0.25) is 0 Å². The number of hydrogen-bond acceptors (Lipinski definition) is 3. The molecule has 1 aromatic carbocycles. The zero-order chi connectivity index (χ0) is 13.7. The number of carbonyl (C=O) groups excluding carboxylic acids is 2. The number of rotatable bonds is 4. The molecule has 0 bridgehead atoms. The summed E-state index contributed by atoms with van der Waals surface area (Å²) in [5, 5.41) is 5.37. The van der Waals surface area contributed by atoms with Gasteiger partial charge in [-0.3, -0.25) is 4.79 Å². The molecule has 0 saturated heterocycles. The molecule has 0 aliphatic carbocycles. The third-order valence-electron chi connectivity index (χ3n) is 2.58. The van der Waals surface area contributed by atoms with Crippen LogP contribution in [-0.4, -0.2) is 11.8 Å². The second kappa shape index (κ2) is 5.86. The van der Waals surface area contributed by atoms with Gasteiger partial charge in [0.1, 0.15) is 0 Å². The molecule has 98 valence electrons. The van der Waals surface area contributed by atoms with Crippen LogP contribution in [0, 0.1) is 0 Å². The first-order chi connectivity index (χ1) is 9.15. The molecule has 5 nitrogen and oxygen atoms in total. The summed E-state index contributed by atoms with van der Waals surface area (Å²) >= 11 is 0. The average molecular weight is 258 g/mol. The number of benzene rings is 1. The lowest BCUT2D eigenvalue weighted by molar-refractivity contribution is 0.101. The predicted octanol–water partition coefficient (Wildman–Crippen LogP) is 2.80. The summed E-state index contributed by atoms with van der Waals surface area (Å²) in [5.41, 5.74) is 2.14. The Morgan fingerprint density at radius 2 is 1.89 bits per heavy atom. The molecular formula is C14H14N2O3. The fourth-order valence-corrected chi connectivity index (χ4v) is 1.54. The number of carbonyl (C=O) groups is 2. The van der Waals surface area contributed by atoms with Crippen molar-refractivity contribution in [2.24, 2.45) is 0 Å². The van der Waals surface area contributed by atoms with Crippen LogP contribution in [0.1, 0.15) is 22.8 Å². The summed E-state index contributed by atoms with van der Waals surface area (Å²) < 4.78 is 4.90. The maximum absolute atomic E-state index is 11.6. The van der Waals surface area contributed by atoms with Crippen LogP contribution in [0.3, 0.4) is 0 Å². The molecule has 2 amide bonds. The van der Waals surface area contributed by atoms with Crippen molar-refractivity contribution in [3.8, 4) is 0 Å². The first-order valence-electron chi connectivity index (χ1n) is 5.82. The molecule has 2 aromatic rings. The monoisotopic (exact) mass is 258 g/mol. The van der Waals surface area contributed by atoms with E-state index in [1.807, 2.05) is 0 Å². The van der Waals surface area contributed by atoms with Crippen LogP contribution < -0.4 is 10.6 Å².